The fourth-order valence-electron chi connectivity index (χ4n) is 3.50. The molecule has 4 aromatic rings. The number of ether oxygens (including phenoxy) is 2. The monoisotopic (exact) mass is 456 g/mol. The van der Waals surface area contributed by atoms with E-state index in [0.717, 1.165) is 5.56 Å². The molecule has 4 rings (SSSR count). The Balaban J connectivity index is 1.90. The van der Waals surface area contributed by atoms with Gasteiger partial charge in [0, 0.05) is 16.9 Å². The number of aromatic carboxylic acids is 2. The van der Waals surface area contributed by atoms with Crippen molar-refractivity contribution in [1.82, 2.24) is 0 Å². The highest BCUT2D eigenvalue weighted by Gasteiger charge is 2.22. The van der Waals surface area contributed by atoms with Crippen LogP contribution in [0.4, 0.5) is 11.4 Å². The van der Waals surface area contributed by atoms with Gasteiger partial charge in [-0.25, -0.2) is 9.59 Å². The normalized spacial score (nSPS) is 10.5. The van der Waals surface area contributed by atoms with Crippen molar-refractivity contribution in [3.63, 3.8) is 0 Å². The summed E-state index contributed by atoms with van der Waals surface area (Å²) < 4.78 is 12.1. The zero-order chi connectivity index (χ0) is 24.2. The van der Waals surface area contributed by atoms with E-state index in [4.69, 9.17) is 20.9 Å². The van der Waals surface area contributed by atoms with Gasteiger partial charge in [0.15, 0.2) is 11.5 Å². The predicted octanol–water partition coefficient (Wildman–Crippen LogP) is 5.50. The second kappa shape index (κ2) is 9.25. The first-order chi connectivity index (χ1) is 16.4. The van der Waals surface area contributed by atoms with E-state index in [1.54, 1.807) is 30.3 Å². The number of para-hydroxylation sites is 1. The van der Waals surface area contributed by atoms with Gasteiger partial charge in [-0.15, -0.1) is 0 Å². The third-order valence-electron chi connectivity index (χ3n) is 5.04. The topological polar surface area (TPSA) is 145 Å². The highest BCUT2D eigenvalue weighted by Crippen LogP contribution is 2.44. The highest BCUT2D eigenvalue weighted by molar-refractivity contribution is 5.97. The Morgan fingerprint density at radius 2 is 1.09 bits per heavy atom. The molecule has 0 amide bonds. The van der Waals surface area contributed by atoms with Crippen molar-refractivity contribution in [1.29, 1.82) is 0 Å². The SMILES string of the molecule is Nc1cccc(Oc2cccc(-c3ccccc3)c2Oc2cccc(N)c2C(=O)O)c1C(=O)O. The van der Waals surface area contributed by atoms with E-state index in [0.29, 0.717) is 5.56 Å². The number of rotatable bonds is 7. The third kappa shape index (κ3) is 4.33. The number of nitrogens with two attached hydrogens (primary N) is 2. The Morgan fingerprint density at radius 1 is 0.588 bits per heavy atom. The van der Waals surface area contributed by atoms with E-state index in [2.05, 4.69) is 0 Å². The minimum absolute atomic E-state index is 0.00626. The molecule has 0 saturated carbocycles. The zero-order valence-corrected chi connectivity index (χ0v) is 17.8. The summed E-state index contributed by atoms with van der Waals surface area (Å²) in [6.45, 7) is 0. The molecule has 0 radical (unpaired) electrons. The fraction of sp³-hybridized carbons (Fsp3) is 0. The van der Waals surface area contributed by atoms with E-state index < -0.39 is 11.9 Å². The third-order valence-corrected chi connectivity index (χ3v) is 5.04. The number of carboxylic acid groups (broad SMARTS) is 2. The molecule has 0 atom stereocenters. The number of nitrogen functional groups attached to an aromatic ring is 2. The van der Waals surface area contributed by atoms with Crippen LogP contribution in [0.2, 0.25) is 0 Å². The smallest absolute Gasteiger partial charge is 0.341 e. The lowest BCUT2D eigenvalue weighted by atomic mass is 10.0. The van der Waals surface area contributed by atoms with Crippen molar-refractivity contribution in [3.8, 4) is 34.1 Å². The van der Waals surface area contributed by atoms with Crippen molar-refractivity contribution < 1.29 is 29.3 Å². The largest absolute Gasteiger partial charge is 0.477 e. The molecule has 170 valence electrons. The summed E-state index contributed by atoms with van der Waals surface area (Å²) in [6, 6.07) is 23.4. The van der Waals surface area contributed by atoms with E-state index in [1.165, 1.54) is 24.3 Å². The summed E-state index contributed by atoms with van der Waals surface area (Å²) in [7, 11) is 0. The molecule has 0 aliphatic heterocycles. The lowest BCUT2D eigenvalue weighted by Gasteiger charge is -2.19. The maximum absolute atomic E-state index is 11.9. The van der Waals surface area contributed by atoms with Gasteiger partial charge in [0.2, 0.25) is 0 Å². The molecular weight excluding hydrogens is 436 g/mol. The molecule has 0 heterocycles. The van der Waals surface area contributed by atoms with Crippen LogP contribution in [0, 0.1) is 0 Å². The summed E-state index contributed by atoms with van der Waals surface area (Å²) in [5.41, 5.74) is 12.8. The van der Waals surface area contributed by atoms with Gasteiger partial charge < -0.3 is 31.2 Å². The Hall–Kier alpha value is -4.98. The second-order valence-corrected chi connectivity index (χ2v) is 7.25. The minimum Gasteiger partial charge on any atom is -0.477 e. The van der Waals surface area contributed by atoms with Crippen LogP contribution in [0.1, 0.15) is 20.7 Å². The molecule has 0 saturated heterocycles. The van der Waals surface area contributed by atoms with Crippen LogP contribution < -0.4 is 20.9 Å². The molecule has 34 heavy (non-hydrogen) atoms. The lowest BCUT2D eigenvalue weighted by molar-refractivity contribution is 0.0683. The van der Waals surface area contributed by atoms with Crippen molar-refractivity contribution in [2.24, 2.45) is 0 Å². The van der Waals surface area contributed by atoms with Gasteiger partial charge in [0.25, 0.3) is 0 Å². The first-order valence-electron chi connectivity index (χ1n) is 10.1. The quantitative estimate of drug-likeness (QED) is 0.267. The van der Waals surface area contributed by atoms with Crippen LogP contribution in [0.15, 0.2) is 84.9 Å². The van der Waals surface area contributed by atoms with Crippen molar-refractivity contribution in [3.05, 3.63) is 96.1 Å². The fourth-order valence-corrected chi connectivity index (χ4v) is 3.50. The molecule has 0 unspecified atom stereocenters. The van der Waals surface area contributed by atoms with Crippen LogP contribution >= 0.6 is 0 Å². The van der Waals surface area contributed by atoms with Crippen LogP contribution in [0.3, 0.4) is 0 Å². The molecule has 4 aromatic carbocycles. The van der Waals surface area contributed by atoms with E-state index in [-0.39, 0.29) is 45.5 Å². The predicted molar refractivity (Wildman–Crippen MR) is 128 cm³/mol. The minimum atomic E-state index is -1.25. The summed E-state index contributed by atoms with van der Waals surface area (Å²) in [5, 5.41) is 19.3. The van der Waals surface area contributed by atoms with Gasteiger partial charge in [0.05, 0.1) is 0 Å². The number of anilines is 2. The van der Waals surface area contributed by atoms with E-state index in [9.17, 15) is 19.8 Å². The van der Waals surface area contributed by atoms with Gasteiger partial charge >= 0.3 is 11.9 Å². The highest BCUT2D eigenvalue weighted by atomic mass is 16.5. The molecule has 0 aliphatic rings. The summed E-state index contributed by atoms with van der Waals surface area (Å²) in [4.78, 5) is 23.6. The summed E-state index contributed by atoms with van der Waals surface area (Å²) in [5.74, 6) is -2.15. The Morgan fingerprint density at radius 3 is 1.65 bits per heavy atom. The molecule has 0 aromatic heterocycles. The molecule has 0 aliphatic carbocycles. The molecule has 0 spiro atoms. The van der Waals surface area contributed by atoms with Gasteiger partial charge in [-0.2, -0.15) is 0 Å². The number of hydrogen-bond acceptors (Lipinski definition) is 6. The van der Waals surface area contributed by atoms with E-state index in [1.807, 2.05) is 30.3 Å². The molecular formula is C26H20N2O6. The first kappa shape index (κ1) is 22.2. The van der Waals surface area contributed by atoms with E-state index >= 15 is 0 Å². The number of carbonyl (C=O) groups is 2. The van der Waals surface area contributed by atoms with Gasteiger partial charge in [0.1, 0.15) is 22.6 Å². The average molecular weight is 456 g/mol. The Kier molecular flexibility index (Phi) is 6.05. The van der Waals surface area contributed by atoms with Gasteiger partial charge in [-0.1, -0.05) is 54.6 Å². The van der Waals surface area contributed by atoms with Crippen LogP contribution in [-0.4, -0.2) is 22.2 Å². The van der Waals surface area contributed by atoms with Gasteiger partial charge in [-0.05, 0) is 35.9 Å². The van der Waals surface area contributed by atoms with Gasteiger partial charge in [-0.3, -0.25) is 0 Å². The Labute approximate surface area is 194 Å². The Bertz CT molecular complexity index is 1390. The van der Waals surface area contributed by atoms with Crippen molar-refractivity contribution >= 4 is 23.3 Å². The molecule has 6 N–H and O–H groups in total. The number of hydrogen-bond donors (Lipinski definition) is 4. The molecule has 8 heteroatoms. The molecule has 0 bridgehead atoms. The lowest BCUT2D eigenvalue weighted by Crippen LogP contribution is -2.06. The first-order valence-corrected chi connectivity index (χ1v) is 10.1. The maximum atomic E-state index is 11.9. The summed E-state index contributed by atoms with van der Waals surface area (Å²) in [6.07, 6.45) is 0. The molecule has 8 nitrogen and oxygen atoms in total. The molecule has 0 fully saturated rings. The van der Waals surface area contributed by atoms with Crippen LogP contribution in [0.5, 0.6) is 23.0 Å². The average Bonchev–Trinajstić information content (AvgIpc) is 2.80. The zero-order valence-electron chi connectivity index (χ0n) is 17.8. The van der Waals surface area contributed by atoms with Crippen molar-refractivity contribution in [2.75, 3.05) is 11.5 Å². The van der Waals surface area contributed by atoms with Crippen LogP contribution in [-0.2, 0) is 0 Å². The summed E-state index contributed by atoms with van der Waals surface area (Å²) >= 11 is 0. The second-order valence-electron chi connectivity index (χ2n) is 7.25. The van der Waals surface area contributed by atoms with Crippen LogP contribution in [0.25, 0.3) is 11.1 Å². The standard InChI is InChI=1S/C26H20N2O6/c27-17-10-5-12-19(22(17)25(29)30)33-21-14-4-9-16(15-7-2-1-3-8-15)24(21)34-20-13-6-11-18(28)23(20)26(31)32/h1-14H,27-28H2,(H,29,30)(H,31,32). The number of carboxylic acids is 2. The number of benzene rings is 4. The van der Waals surface area contributed by atoms with Crippen molar-refractivity contribution in [2.45, 2.75) is 0 Å². The maximum Gasteiger partial charge on any atom is 0.341 e.